The lowest BCUT2D eigenvalue weighted by molar-refractivity contribution is 1.17. The lowest BCUT2D eigenvalue weighted by Crippen LogP contribution is -2.07. The molecule has 0 bridgehead atoms. The molecule has 2 aromatic carbocycles. The minimum atomic E-state index is -0.163. The summed E-state index contributed by atoms with van der Waals surface area (Å²) in [5, 5.41) is 5.45. The van der Waals surface area contributed by atoms with Gasteiger partial charge in [0, 0.05) is 5.69 Å². The molecule has 0 amide bonds. The van der Waals surface area contributed by atoms with Crippen LogP contribution >= 0.6 is 23.2 Å². The van der Waals surface area contributed by atoms with Gasteiger partial charge in [-0.25, -0.2) is 4.98 Å². The van der Waals surface area contributed by atoms with Crippen LogP contribution in [0.5, 0.6) is 0 Å². The van der Waals surface area contributed by atoms with Gasteiger partial charge >= 0.3 is 0 Å². The highest BCUT2D eigenvalue weighted by Crippen LogP contribution is 2.32. The van der Waals surface area contributed by atoms with Crippen LogP contribution in [0.15, 0.2) is 41.2 Å². The Labute approximate surface area is 146 Å². The van der Waals surface area contributed by atoms with Gasteiger partial charge in [0.25, 0.3) is 5.56 Å². The highest BCUT2D eigenvalue weighted by atomic mass is 35.5. The summed E-state index contributed by atoms with van der Waals surface area (Å²) in [6, 6.07) is 10.9. The van der Waals surface area contributed by atoms with Crippen molar-refractivity contribution < 1.29 is 0 Å². The molecule has 0 aliphatic carbocycles. The fraction of sp³-hybridized carbons (Fsp3) is 0.0588. The molecule has 0 fully saturated rings. The highest BCUT2D eigenvalue weighted by Gasteiger charge is 2.12. The van der Waals surface area contributed by atoms with Crippen molar-refractivity contribution in [1.29, 1.82) is 0 Å². The molecule has 0 saturated carbocycles. The number of pyridine rings is 1. The molecule has 4 aromatic rings. The lowest BCUT2D eigenvalue weighted by Gasteiger charge is -2.06. The molecule has 0 radical (unpaired) electrons. The molecule has 0 saturated heterocycles. The van der Waals surface area contributed by atoms with Gasteiger partial charge in [-0.15, -0.1) is 0 Å². The maximum absolute atomic E-state index is 12.3. The average Bonchev–Trinajstić information content (AvgIpc) is 2.93. The number of hydrogen-bond donors (Lipinski definition) is 3. The Morgan fingerprint density at radius 3 is 2.58 bits per heavy atom. The lowest BCUT2D eigenvalue weighted by atomic mass is 10.1. The van der Waals surface area contributed by atoms with Gasteiger partial charge in [-0.3, -0.25) is 4.79 Å². The predicted molar refractivity (Wildman–Crippen MR) is 98.7 cm³/mol. The number of anilines is 2. The fourth-order valence-corrected chi connectivity index (χ4v) is 3.25. The van der Waals surface area contributed by atoms with E-state index in [1.807, 2.05) is 25.1 Å². The Morgan fingerprint density at radius 1 is 1.08 bits per heavy atom. The fourth-order valence-electron chi connectivity index (χ4n) is 2.76. The number of imidazole rings is 1. The van der Waals surface area contributed by atoms with Crippen molar-refractivity contribution in [3.63, 3.8) is 0 Å². The van der Waals surface area contributed by atoms with Gasteiger partial charge in [0.2, 0.25) is 5.95 Å². The number of benzene rings is 2. The van der Waals surface area contributed by atoms with Gasteiger partial charge in [0.1, 0.15) is 5.52 Å². The molecule has 2 aromatic heterocycles. The van der Waals surface area contributed by atoms with E-state index in [1.165, 1.54) is 0 Å². The van der Waals surface area contributed by atoms with Gasteiger partial charge in [0.15, 0.2) is 0 Å². The number of aromatic amines is 2. The van der Waals surface area contributed by atoms with Crippen molar-refractivity contribution in [2.45, 2.75) is 6.92 Å². The molecule has 120 valence electrons. The molecule has 4 rings (SSSR count). The van der Waals surface area contributed by atoms with Crippen molar-refractivity contribution in [3.8, 4) is 0 Å². The third-order valence-electron chi connectivity index (χ3n) is 3.80. The summed E-state index contributed by atoms with van der Waals surface area (Å²) < 4.78 is 0. The van der Waals surface area contributed by atoms with Crippen molar-refractivity contribution in [2.75, 3.05) is 5.32 Å². The number of aromatic nitrogens is 3. The molecule has 0 aliphatic heterocycles. The van der Waals surface area contributed by atoms with Crippen molar-refractivity contribution in [2.24, 2.45) is 0 Å². The third-order valence-corrected chi connectivity index (χ3v) is 4.43. The summed E-state index contributed by atoms with van der Waals surface area (Å²) in [5.74, 6) is 0.465. The summed E-state index contributed by atoms with van der Waals surface area (Å²) in [6.45, 7) is 1.85. The molecule has 5 nitrogen and oxygen atoms in total. The van der Waals surface area contributed by atoms with Crippen LogP contribution in [-0.4, -0.2) is 15.0 Å². The largest absolute Gasteiger partial charge is 0.326 e. The van der Waals surface area contributed by atoms with Gasteiger partial charge in [-0.2, -0.15) is 0 Å². The summed E-state index contributed by atoms with van der Waals surface area (Å²) in [5.41, 5.74) is 2.56. The maximum Gasteiger partial charge on any atom is 0.258 e. The Kier molecular flexibility index (Phi) is 3.48. The van der Waals surface area contributed by atoms with Gasteiger partial charge in [-0.05, 0) is 36.6 Å². The second-order valence-electron chi connectivity index (χ2n) is 5.51. The van der Waals surface area contributed by atoms with E-state index < -0.39 is 0 Å². The standard InChI is InChI=1S/C17H12Cl2N4O/c1-8-7-9-5-6-12-15(13(9)16(24)20-8)23-17(21-12)22-14-10(18)3-2-4-11(14)19/h2-7H,1H3,(H,20,24)(H2,21,22,23). The quantitative estimate of drug-likeness (QED) is 0.483. The average molecular weight is 359 g/mol. The second kappa shape index (κ2) is 5.54. The number of fused-ring (bicyclic) bond motifs is 3. The van der Waals surface area contributed by atoms with Crippen molar-refractivity contribution in [3.05, 3.63) is 62.5 Å². The number of nitrogens with zero attached hydrogens (tertiary/aromatic N) is 1. The molecular formula is C17H12Cl2N4O. The molecule has 0 aliphatic rings. The number of H-pyrrole nitrogens is 2. The van der Waals surface area contributed by atoms with Crippen molar-refractivity contribution in [1.82, 2.24) is 15.0 Å². The minimum Gasteiger partial charge on any atom is -0.326 e. The van der Waals surface area contributed by atoms with Gasteiger partial charge in [0.05, 0.1) is 26.6 Å². The van der Waals surface area contributed by atoms with E-state index in [-0.39, 0.29) is 5.56 Å². The number of nitrogens with one attached hydrogen (secondary N) is 3. The molecule has 3 N–H and O–H groups in total. The first kappa shape index (κ1) is 15.1. The molecule has 24 heavy (non-hydrogen) atoms. The van der Waals surface area contributed by atoms with Gasteiger partial charge < -0.3 is 15.3 Å². The molecule has 0 unspecified atom stereocenters. The Bertz CT molecular complexity index is 1130. The van der Waals surface area contributed by atoms with E-state index >= 15 is 0 Å². The highest BCUT2D eigenvalue weighted by molar-refractivity contribution is 6.39. The van der Waals surface area contributed by atoms with Crippen LogP contribution in [0, 0.1) is 6.92 Å². The van der Waals surface area contributed by atoms with Crippen LogP contribution in [-0.2, 0) is 0 Å². The first-order valence-corrected chi connectivity index (χ1v) is 8.02. The Balaban J connectivity index is 1.90. The topological polar surface area (TPSA) is 73.6 Å². The zero-order valence-electron chi connectivity index (χ0n) is 12.6. The summed E-state index contributed by atoms with van der Waals surface area (Å²) >= 11 is 12.3. The smallest absolute Gasteiger partial charge is 0.258 e. The normalized spacial score (nSPS) is 11.3. The van der Waals surface area contributed by atoms with Gasteiger partial charge in [-0.1, -0.05) is 35.3 Å². The Hall–Kier alpha value is -2.50. The first-order valence-electron chi connectivity index (χ1n) is 7.26. The zero-order valence-corrected chi connectivity index (χ0v) is 14.1. The van der Waals surface area contributed by atoms with Crippen LogP contribution < -0.4 is 10.9 Å². The summed E-state index contributed by atoms with van der Waals surface area (Å²) in [6.07, 6.45) is 0. The molecular weight excluding hydrogens is 347 g/mol. The second-order valence-corrected chi connectivity index (χ2v) is 6.33. The van der Waals surface area contributed by atoms with Crippen LogP contribution in [0.25, 0.3) is 21.8 Å². The van der Waals surface area contributed by atoms with Crippen LogP contribution in [0.1, 0.15) is 5.69 Å². The van der Waals surface area contributed by atoms with E-state index in [9.17, 15) is 4.79 Å². The van der Waals surface area contributed by atoms with E-state index in [0.717, 1.165) is 16.6 Å². The summed E-state index contributed by atoms with van der Waals surface area (Å²) in [4.78, 5) is 22.8. The summed E-state index contributed by atoms with van der Waals surface area (Å²) in [7, 11) is 0. The van der Waals surface area contributed by atoms with E-state index in [2.05, 4.69) is 20.3 Å². The predicted octanol–water partition coefficient (Wildman–Crippen LogP) is 4.76. The number of hydrogen-bond acceptors (Lipinski definition) is 3. The van der Waals surface area contributed by atoms with E-state index in [4.69, 9.17) is 23.2 Å². The third kappa shape index (κ3) is 2.42. The number of para-hydroxylation sites is 1. The Morgan fingerprint density at radius 2 is 1.83 bits per heavy atom. The molecule has 2 heterocycles. The molecule has 7 heteroatoms. The van der Waals surface area contributed by atoms with Crippen molar-refractivity contribution >= 4 is 56.6 Å². The van der Waals surface area contributed by atoms with Crippen LogP contribution in [0.2, 0.25) is 10.0 Å². The first-order chi connectivity index (χ1) is 11.5. The zero-order chi connectivity index (χ0) is 16.8. The molecule has 0 spiro atoms. The maximum atomic E-state index is 12.3. The monoisotopic (exact) mass is 358 g/mol. The van der Waals surface area contributed by atoms with E-state index in [1.54, 1.807) is 18.2 Å². The number of rotatable bonds is 2. The number of halogens is 2. The molecule has 0 atom stereocenters. The van der Waals surface area contributed by atoms with Crippen LogP contribution in [0.3, 0.4) is 0 Å². The van der Waals surface area contributed by atoms with E-state index in [0.29, 0.717) is 32.6 Å². The minimum absolute atomic E-state index is 0.163. The number of aryl methyl sites for hydroxylation is 1. The SMILES string of the molecule is Cc1cc2ccc3[nH]c(Nc4c(Cl)cccc4Cl)nc3c2c(=O)[nH]1. The van der Waals surface area contributed by atoms with Crippen LogP contribution in [0.4, 0.5) is 11.6 Å².